The van der Waals surface area contributed by atoms with Gasteiger partial charge >= 0.3 is 0 Å². The van der Waals surface area contributed by atoms with Crippen LogP contribution in [0.25, 0.3) is 0 Å². The van der Waals surface area contributed by atoms with Crippen molar-refractivity contribution in [3.8, 4) is 0 Å². The largest absolute Gasteiger partial charge is 0.467 e. The normalized spacial score (nSPS) is 11.9. The van der Waals surface area contributed by atoms with Crippen LogP contribution in [0.2, 0.25) is 0 Å². The Balaban J connectivity index is 1.82. The van der Waals surface area contributed by atoms with E-state index >= 15 is 0 Å². The van der Waals surface area contributed by atoms with E-state index in [2.05, 4.69) is 0 Å². The number of halogens is 1. The number of rotatable bonds is 6. The second kappa shape index (κ2) is 7.77. The molecule has 0 saturated carbocycles. The van der Waals surface area contributed by atoms with E-state index in [4.69, 9.17) is 4.42 Å². The van der Waals surface area contributed by atoms with Crippen molar-refractivity contribution in [2.45, 2.75) is 12.6 Å². The van der Waals surface area contributed by atoms with E-state index in [0.29, 0.717) is 17.9 Å². The number of carbonyl (C=O) groups excluding carboxylic acids is 1. The first-order chi connectivity index (χ1) is 12.1. The SMILES string of the molecule is O=C(c1ccc(F)cc1)N(Cc1ccccc1)CC(O)c1ccco1. The van der Waals surface area contributed by atoms with Gasteiger partial charge in [0.1, 0.15) is 17.7 Å². The molecule has 1 atom stereocenters. The Morgan fingerprint density at radius 1 is 1.04 bits per heavy atom. The van der Waals surface area contributed by atoms with Crippen LogP contribution in [-0.2, 0) is 6.54 Å². The lowest BCUT2D eigenvalue weighted by Crippen LogP contribution is -2.34. The molecule has 0 radical (unpaired) electrons. The summed E-state index contributed by atoms with van der Waals surface area (Å²) in [6.45, 7) is 0.396. The zero-order valence-corrected chi connectivity index (χ0v) is 13.5. The molecule has 0 spiro atoms. The summed E-state index contributed by atoms with van der Waals surface area (Å²) in [5.74, 6) is -0.291. The van der Waals surface area contributed by atoms with Crippen LogP contribution in [0.5, 0.6) is 0 Å². The monoisotopic (exact) mass is 339 g/mol. The first-order valence-corrected chi connectivity index (χ1v) is 7.94. The maximum atomic E-state index is 13.1. The number of benzene rings is 2. The molecule has 128 valence electrons. The topological polar surface area (TPSA) is 53.7 Å². The molecule has 0 fully saturated rings. The number of hydrogen-bond acceptors (Lipinski definition) is 3. The van der Waals surface area contributed by atoms with E-state index in [1.54, 1.807) is 12.1 Å². The summed E-state index contributed by atoms with van der Waals surface area (Å²) in [5, 5.41) is 10.4. The Labute approximate surface area is 145 Å². The molecular weight excluding hydrogens is 321 g/mol. The van der Waals surface area contributed by atoms with Crippen LogP contribution in [0, 0.1) is 5.82 Å². The summed E-state index contributed by atoms with van der Waals surface area (Å²) in [6, 6.07) is 18.2. The first-order valence-electron chi connectivity index (χ1n) is 7.94. The average Bonchev–Trinajstić information content (AvgIpc) is 3.17. The van der Waals surface area contributed by atoms with E-state index in [1.807, 2.05) is 30.3 Å². The molecule has 25 heavy (non-hydrogen) atoms. The molecule has 0 saturated heterocycles. The minimum atomic E-state index is -0.942. The molecule has 2 aromatic carbocycles. The number of amides is 1. The predicted octanol–water partition coefficient (Wildman–Crippen LogP) is 3.79. The van der Waals surface area contributed by atoms with Gasteiger partial charge in [0.25, 0.3) is 5.91 Å². The second-order valence-electron chi connectivity index (χ2n) is 5.71. The maximum Gasteiger partial charge on any atom is 0.254 e. The summed E-state index contributed by atoms with van der Waals surface area (Å²) < 4.78 is 18.3. The summed E-state index contributed by atoms with van der Waals surface area (Å²) >= 11 is 0. The molecular formula is C20H18FNO3. The molecule has 0 aliphatic heterocycles. The summed E-state index contributed by atoms with van der Waals surface area (Å²) in [5.41, 5.74) is 1.30. The summed E-state index contributed by atoms with van der Waals surface area (Å²) in [4.78, 5) is 14.4. The third-order valence-electron chi connectivity index (χ3n) is 3.86. The molecule has 1 aromatic heterocycles. The third-order valence-corrected chi connectivity index (χ3v) is 3.86. The van der Waals surface area contributed by atoms with E-state index in [-0.39, 0.29) is 12.5 Å². The Bertz CT molecular complexity index is 801. The Morgan fingerprint density at radius 3 is 2.40 bits per heavy atom. The van der Waals surface area contributed by atoms with Crippen LogP contribution >= 0.6 is 0 Å². The van der Waals surface area contributed by atoms with Crippen molar-refractivity contribution in [1.29, 1.82) is 0 Å². The van der Waals surface area contributed by atoms with Crippen molar-refractivity contribution >= 4 is 5.91 Å². The highest BCUT2D eigenvalue weighted by molar-refractivity contribution is 5.94. The second-order valence-corrected chi connectivity index (χ2v) is 5.71. The van der Waals surface area contributed by atoms with E-state index in [0.717, 1.165) is 5.56 Å². The van der Waals surface area contributed by atoms with Crippen LogP contribution < -0.4 is 0 Å². The van der Waals surface area contributed by atoms with E-state index in [9.17, 15) is 14.3 Å². The van der Waals surface area contributed by atoms with Crippen molar-refractivity contribution in [2.75, 3.05) is 6.54 Å². The van der Waals surface area contributed by atoms with Gasteiger partial charge in [-0.05, 0) is 42.0 Å². The van der Waals surface area contributed by atoms with Gasteiger partial charge < -0.3 is 14.4 Å². The molecule has 1 N–H and O–H groups in total. The van der Waals surface area contributed by atoms with Crippen LogP contribution in [-0.4, -0.2) is 22.5 Å². The molecule has 3 aromatic rings. The van der Waals surface area contributed by atoms with Gasteiger partial charge in [-0.25, -0.2) is 4.39 Å². The van der Waals surface area contributed by atoms with Crippen molar-refractivity contribution in [3.63, 3.8) is 0 Å². The van der Waals surface area contributed by atoms with Gasteiger partial charge in [0.2, 0.25) is 0 Å². The van der Waals surface area contributed by atoms with Crippen molar-refractivity contribution < 1.29 is 18.7 Å². The number of aliphatic hydroxyl groups excluding tert-OH is 1. The number of furan rings is 1. The molecule has 4 nitrogen and oxygen atoms in total. The quantitative estimate of drug-likeness (QED) is 0.743. The van der Waals surface area contributed by atoms with Crippen molar-refractivity contribution in [1.82, 2.24) is 4.90 Å². The van der Waals surface area contributed by atoms with Gasteiger partial charge in [0, 0.05) is 12.1 Å². The molecule has 0 aliphatic carbocycles. The average molecular weight is 339 g/mol. The Kier molecular flexibility index (Phi) is 5.26. The van der Waals surface area contributed by atoms with Crippen LogP contribution in [0.3, 0.4) is 0 Å². The number of nitrogens with zero attached hydrogens (tertiary/aromatic N) is 1. The highest BCUT2D eigenvalue weighted by Crippen LogP contribution is 2.18. The lowest BCUT2D eigenvalue weighted by molar-refractivity contribution is 0.0563. The van der Waals surface area contributed by atoms with Gasteiger partial charge in [-0.1, -0.05) is 30.3 Å². The molecule has 1 heterocycles. The third kappa shape index (κ3) is 4.33. The van der Waals surface area contributed by atoms with Gasteiger partial charge in [-0.2, -0.15) is 0 Å². The van der Waals surface area contributed by atoms with Crippen LogP contribution in [0.4, 0.5) is 4.39 Å². The number of aliphatic hydroxyl groups is 1. The van der Waals surface area contributed by atoms with E-state index < -0.39 is 11.9 Å². The standard InChI is InChI=1S/C20H18FNO3/c21-17-10-8-16(9-11-17)20(24)22(13-15-5-2-1-3-6-15)14-18(23)19-7-4-12-25-19/h1-12,18,23H,13-14H2. The summed E-state index contributed by atoms with van der Waals surface area (Å²) in [6.07, 6.45) is 0.533. The zero-order chi connectivity index (χ0) is 17.6. The molecule has 0 bridgehead atoms. The maximum absolute atomic E-state index is 13.1. The molecule has 5 heteroatoms. The fourth-order valence-electron chi connectivity index (χ4n) is 2.58. The van der Waals surface area contributed by atoms with Gasteiger partial charge in [0.15, 0.2) is 0 Å². The molecule has 0 aliphatic rings. The Hall–Kier alpha value is -2.92. The van der Waals surface area contributed by atoms with Crippen molar-refractivity contribution in [2.24, 2.45) is 0 Å². The minimum Gasteiger partial charge on any atom is -0.467 e. The van der Waals surface area contributed by atoms with Crippen LogP contribution in [0.15, 0.2) is 77.4 Å². The van der Waals surface area contributed by atoms with Crippen molar-refractivity contribution in [3.05, 3.63) is 95.7 Å². The highest BCUT2D eigenvalue weighted by atomic mass is 19.1. The molecule has 3 rings (SSSR count). The predicted molar refractivity (Wildman–Crippen MR) is 91.3 cm³/mol. The van der Waals surface area contributed by atoms with Gasteiger partial charge in [0.05, 0.1) is 12.8 Å². The minimum absolute atomic E-state index is 0.0681. The first kappa shape index (κ1) is 16.9. The summed E-state index contributed by atoms with van der Waals surface area (Å²) in [7, 11) is 0. The molecule has 1 unspecified atom stereocenters. The zero-order valence-electron chi connectivity index (χ0n) is 13.5. The van der Waals surface area contributed by atoms with Gasteiger partial charge in [-0.3, -0.25) is 4.79 Å². The number of carbonyl (C=O) groups is 1. The fourth-order valence-corrected chi connectivity index (χ4v) is 2.58. The van der Waals surface area contributed by atoms with E-state index in [1.165, 1.54) is 35.4 Å². The highest BCUT2D eigenvalue weighted by Gasteiger charge is 2.21. The van der Waals surface area contributed by atoms with Crippen LogP contribution in [0.1, 0.15) is 27.8 Å². The Morgan fingerprint density at radius 2 is 1.76 bits per heavy atom. The fraction of sp³-hybridized carbons (Fsp3) is 0.150. The smallest absolute Gasteiger partial charge is 0.254 e. The number of hydrogen-bond donors (Lipinski definition) is 1. The lowest BCUT2D eigenvalue weighted by atomic mass is 10.1. The van der Waals surface area contributed by atoms with Gasteiger partial charge in [-0.15, -0.1) is 0 Å². The lowest BCUT2D eigenvalue weighted by Gasteiger charge is -2.25. The molecule has 1 amide bonds.